The Morgan fingerprint density at radius 2 is 1.31 bits per heavy atom. The van der Waals surface area contributed by atoms with Crippen LogP contribution in [0.25, 0.3) is 0 Å². The molecule has 0 radical (unpaired) electrons. The number of rotatable bonds is 2. The van der Waals surface area contributed by atoms with Gasteiger partial charge >= 0.3 is 0 Å². The van der Waals surface area contributed by atoms with Gasteiger partial charge in [0.05, 0.1) is 0 Å². The number of allylic oxidation sites excluding steroid dienone is 8. The van der Waals surface area contributed by atoms with Crippen molar-refractivity contribution in [3.05, 3.63) is 44.5 Å². The van der Waals surface area contributed by atoms with Gasteiger partial charge in [0.1, 0.15) is 0 Å². The molecule has 0 saturated heterocycles. The van der Waals surface area contributed by atoms with Crippen molar-refractivity contribution in [3.63, 3.8) is 0 Å². The van der Waals surface area contributed by atoms with Crippen molar-refractivity contribution in [1.29, 1.82) is 0 Å². The van der Waals surface area contributed by atoms with Crippen molar-refractivity contribution in [2.75, 3.05) is 0 Å². The topological polar surface area (TPSA) is 0 Å². The standard InChI is InChI=1S/C13H14Cl2.Zr/c1-8-10(3-5-12(8)14)7-11-4-6-13(15)9(11)2;/h3-4H,5-7H2,1-2H3;. The predicted molar refractivity (Wildman–Crippen MR) is 67.1 cm³/mol. The van der Waals surface area contributed by atoms with Gasteiger partial charge in [0, 0.05) is 49.1 Å². The first-order valence-electron chi connectivity index (χ1n) is 5.19. The molecule has 2 aliphatic carbocycles. The quantitative estimate of drug-likeness (QED) is 0.663. The first-order valence-corrected chi connectivity index (χ1v) is 5.94. The van der Waals surface area contributed by atoms with Crippen LogP contribution in [0.4, 0.5) is 0 Å². The van der Waals surface area contributed by atoms with E-state index >= 15 is 0 Å². The van der Waals surface area contributed by atoms with Gasteiger partial charge in [0.2, 0.25) is 0 Å². The van der Waals surface area contributed by atoms with Crippen molar-refractivity contribution in [2.24, 2.45) is 0 Å². The smallest absolute Gasteiger partial charge is 0.0250 e. The van der Waals surface area contributed by atoms with Gasteiger partial charge in [0.15, 0.2) is 0 Å². The summed E-state index contributed by atoms with van der Waals surface area (Å²) in [7, 11) is 0. The molecule has 0 unspecified atom stereocenters. The number of hydrogen-bond donors (Lipinski definition) is 0. The SMILES string of the molecule is CC1=C(Cl)CC=C1CC1=CCC(Cl)=C1C.[Zr]. The third-order valence-electron chi connectivity index (χ3n) is 3.21. The second kappa shape index (κ2) is 5.85. The Kier molecular flexibility index (Phi) is 5.29. The van der Waals surface area contributed by atoms with Crippen LogP contribution in [0.2, 0.25) is 0 Å². The summed E-state index contributed by atoms with van der Waals surface area (Å²) in [5, 5.41) is 1.97. The minimum atomic E-state index is 0. The van der Waals surface area contributed by atoms with Crippen molar-refractivity contribution in [1.82, 2.24) is 0 Å². The normalized spacial score (nSPS) is 20.0. The molecule has 0 heterocycles. The second-order valence-corrected chi connectivity index (χ2v) is 5.02. The van der Waals surface area contributed by atoms with Crippen LogP contribution in [0.15, 0.2) is 44.5 Å². The van der Waals surface area contributed by atoms with E-state index < -0.39 is 0 Å². The molecule has 0 nitrogen and oxygen atoms in total. The first-order chi connectivity index (χ1) is 7.09. The zero-order valence-electron chi connectivity index (χ0n) is 9.53. The van der Waals surface area contributed by atoms with Crippen LogP contribution in [0.5, 0.6) is 0 Å². The Hall–Kier alpha value is 0.423. The average molecular weight is 332 g/mol. The van der Waals surface area contributed by atoms with Crippen LogP contribution in [0, 0.1) is 0 Å². The summed E-state index contributed by atoms with van der Waals surface area (Å²) in [5.41, 5.74) is 5.20. The Morgan fingerprint density at radius 3 is 1.56 bits per heavy atom. The maximum atomic E-state index is 6.08. The molecule has 0 fully saturated rings. The molecular weight excluding hydrogens is 318 g/mol. The first kappa shape index (κ1) is 14.5. The fourth-order valence-corrected chi connectivity index (χ4v) is 2.40. The molecule has 0 aromatic heterocycles. The van der Waals surface area contributed by atoms with E-state index in [-0.39, 0.29) is 26.2 Å². The monoisotopic (exact) mass is 330 g/mol. The Balaban J connectivity index is 0.00000128. The van der Waals surface area contributed by atoms with Crippen molar-refractivity contribution >= 4 is 23.2 Å². The summed E-state index contributed by atoms with van der Waals surface area (Å²) < 4.78 is 0. The largest absolute Gasteiger partial charge is 0.0885 e. The Morgan fingerprint density at radius 1 is 0.938 bits per heavy atom. The van der Waals surface area contributed by atoms with Gasteiger partial charge in [-0.15, -0.1) is 0 Å². The fraction of sp³-hybridized carbons (Fsp3) is 0.385. The molecule has 16 heavy (non-hydrogen) atoms. The summed E-state index contributed by atoms with van der Waals surface area (Å²) in [6.07, 6.45) is 7.21. The molecule has 3 heteroatoms. The predicted octanol–water partition coefficient (Wildman–Crippen LogP) is 5.06. The molecule has 0 aliphatic heterocycles. The molecule has 2 rings (SSSR count). The third-order valence-corrected chi connectivity index (χ3v) is 4.09. The van der Waals surface area contributed by atoms with Gasteiger partial charge in [-0.05, 0) is 42.6 Å². The fourth-order valence-electron chi connectivity index (χ4n) is 2.00. The van der Waals surface area contributed by atoms with Crippen LogP contribution >= 0.6 is 23.2 Å². The molecule has 0 spiro atoms. The molecule has 0 aromatic rings. The molecule has 0 N–H and O–H groups in total. The van der Waals surface area contributed by atoms with Crippen LogP contribution in [-0.4, -0.2) is 0 Å². The number of halogens is 2. The molecule has 0 amide bonds. The Labute approximate surface area is 126 Å². The van der Waals surface area contributed by atoms with E-state index in [1.165, 1.54) is 22.3 Å². The van der Waals surface area contributed by atoms with Gasteiger partial charge in [-0.2, -0.15) is 0 Å². The third kappa shape index (κ3) is 2.81. The van der Waals surface area contributed by atoms with Crippen molar-refractivity contribution in [3.8, 4) is 0 Å². The molecule has 0 bridgehead atoms. The van der Waals surface area contributed by atoms with Crippen LogP contribution in [0.3, 0.4) is 0 Å². The molecule has 0 aromatic carbocycles. The molecule has 0 saturated carbocycles. The van der Waals surface area contributed by atoms with Crippen molar-refractivity contribution in [2.45, 2.75) is 33.1 Å². The van der Waals surface area contributed by atoms with E-state index in [1.807, 2.05) is 0 Å². The van der Waals surface area contributed by atoms with Crippen LogP contribution < -0.4 is 0 Å². The molecular formula is C13H14Cl2Zr. The maximum Gasteiger partial charge on any atom is 0.0250 e. The van der Waals surface area contributed by atoms with Crippen molar-refractivity contribution < 1.29 is 26.2 Å². The Bertz CT molecular complexity index is 385. The average Bonchev–Trinajstić information content (AvgIpc) is 2.68. The van der Waals surface area contributed by atoms with Gasteiger partial charge in [0.25, 0.3) is 0 Å². The zero-order chi connectivity index (χ0) is 11.0. The summed E-state index contributed by atoms with van der Waals surface area (Å²) in [6.45, 7) is 4.19. The zero-order valence-corrected chi connectivity index (χ0v) is 13.5. The summed E-state index contributed by atoms with van der Waals surface area (Å²) in [6, 6.07) is 0. The minimum absolute atomic E-state index is 0. The number of hydrogen-bond acceptors (Lipinski definition) is 0. The van der Waals surface area contributed by atoms with Gasteiger partial charge < -0.3 is 0 Å². The van der Waals surface area contributed by atoms with E-state index in [9.17, 15) is 0 Å². The van der Waals surface area contributed by atoms with E-state index in [1.54, 1.807) is 0 Å². The molecule has 2 aliphatic rings. The molecule has 84 valence electrons. The van der Waals surface area contributed by atoms with E-state index in [0.29, 0.717) is 0 Å². The molecule has 0 atom stereocenters. The summed E-state index contributed by atoms with van der Waals surface area (Å²) >= 11 is 12.2. The minimum Gasteiger partial charge on any atom is -0.0885 e. The van der Waals surface area contributed by atoms with Gasteiger partial charge in [-0.1, -0.05) is 35.4 Å². The van der Waals surface area contributed by atoms with E-state index in [2.05, 4.69) is 26.0 Å². The van der Waals surface area contributed by atoms with E-state index in [0.717, 1.165) is 29.3 Å². The summed E-state index contributed by atoms with van der Waals surface area (Å²) in [4.78, 5) is 0. The van der Waals surface area contributed by atoms with E-state index in [4.69, 9.17) is 23.2 Å². The van der Waals surface area contributed by atoms with Crippen LogP contribution in [0.1, 0.15) is 33.1 Å². The summed E-state index contributed by atoms with van der Waals surface area (Å²) in [5.74, 6) is 0. The second-order valence-electron chi connectivity index (χ2n) is 4.10. The van der Waals surface area contributed by atoms with Crippen LogP contribution in [-0.2, 0) is 26.2 Å². The van der Waals surface area contributed by atoms with Gasteiger partial charge in [-0.25, -0.2) is 0 Å². The maximum absolute atomic E-state index is 6.08. The van der Waals surface area contributed by atoms with Gasteiger partial charge in [-0.3, -0.25) is 0 Å².